The highest BCUT2D eigenvalue weighted by molar-refractivity contribution is 5.85. The van der Waals surface area contributed by atoms with Crippen LogP contribution in [0.5, 0.6) is 0 Å². The fourth-order valence-corrected chi connectivity index (χ4v) is 2.52. The number of hydrogen-bond donors (Lipinski definition) is 2. The number of amides is 1. The average Bonchev–Trinajstić information content (AvgIpc) is 2.31. The molecular formula is C10H19N3O2. The van der Waals surface area contributed by atoms with Gasteiger partial charge in [-0.2, -0.15) is 0 Å². The summed E-state index contributed by atoms with van der Waals surface area (Å²) < 4.78 is 5.30. The van der Waals surface area contributed by atoms with Gasteiger partial charge < -0.3 is 15.8 Å². The van der Waals surface area contributed by atoms with Crippen LogP contribution in [0.4, 0.5) is 0 Å². The highest BCUT2D eigenvalue weighted by atomic mass is 16.5. The van der Waals surface area contributed by atoms with Crippen LogP contribution in [0.2, 0.25) is 0 Å². The minimum absolute atomic E-state index is 0.198. The number of hydrogen-bond acceptors (Lipinski definition) is 4. The molecule has 2 aliphatic heterocycles. The highest BCUT2D eigenvalue weighted by Gasteiger charge is 2.43. The predicted molar refractivity (Wildman–Crippen MR) is 56.4 cm³/mol. The molecule has 2 fully saturated rings. The first-order valence-electron chi connectivity index (χ1n) is 5.59. The molecule has 2 heterocycles. The van der Waals surface area contributed by atoms with Crippen molar-refractivity contribution in [2.45, 2.75) is 18.4 Å². The molecule has 2 rings (SSSR count). The van der Waals surface area contributed by atoms with E-state index in [4.69, 9.17) is 10.5 Å². The highest BCUT2D eigenvalue weighted by Crippen LogP contribution is 2.24. The van der Waals surface area contributed by atoms with E-state index in [1.165, 1.54) is 0 Å². The van der Waals surface area contributed by atoms with Crippen molar-refractivity contribution in [1.29, 1.82) is 0 Å². The second-order valence-corrected chi connectivity index (χ2v) is 4.28. The molecule has 2 saturated heterocycles. The zero-order chi connectivity index (χ0) is 10.7. The van der Waals surface area contributed by atoms with Crippen LogP contribution < -0.4 is 11.1 Å². The minimum atomic E-state index is -0.470. The molecule has 0 aromatic rings. The number of primary amides is 1. The number of morpholine rings is 1. The van der Waals surface area contributed by atoms with Gasteiger partial charge in [-0.05, 0) is 19.4 Å². The van der Waals surface area contributed by atoms with E-state index in [1.807, 2.05) is 0 Å². The number of ether oxygens (including phenoxy) is 1. The molecule has 0 saturated carbocycles. The lowest BCUT2D eigenvalue weighted by molar-refractivity contribution is -0.135. The number of piperidine rings is 1. The van der Waals surface area contributed by atoms with Crippen LogP contribution in [0.25, 0.3) is 0 Å². The van der Waals surface area contributed by atoms with Crippen LogP contribution in [0.3, 0.4) is 0 Å². The molecule has 2 aliphatic rings. The smallest absolute Gasteiger partial charge is 0.239 e. The fraction of sp³-hybridized carbons (Fsp3) is 0.900. The maximum absolute atomic E-state index is 11.7. The number of carbonyl (C=O) groups excluding carboxylic acids is 1. The first-order chi connectivity index (χ1) is 7.26. The first-order valence-corrected chi connectivity index (χ1v) is 5.59. The Morgan fingerprint density at radius 3 is 2.67 bits per heavy atom. The van der Waals surface area contributed by atoms with E-state index in [0.29, 0.717) is 19.8 Å². The lowest BCUT2D eigenvalue weighted by Gasteiger charge is -2.45. The second kappa shape index (κ2) is 4.47. The quantitative estimate of drug-likeness (QED) is 0.612. The first kappa shape index (κ1) is 10.9. The number of nitrogens with one attached hydrogen (secondary N) is 1. The Bertz CT molecular complexity index is 233. The van der Waals surface area contributed by atoms with Gasteiger partial charge in [-0.25, -0.2) is 0 Å². The van der Waals surface area contributed by atoms with Gasteiger partial charge in [0.2, 0.25) is 5.91 Å². The monoisotopic (exact) mass is 213 g/mol. The SMILES string of the molecule is NC(=O)C1(N2CCOCC2)CCCNC1. The Balaban J connectivity index is 2.12. The molecule has 0 bridgehead atoms. The Hall–Kier alpha value is -0.650. The zero-order valence-electron chi connectivity index (χ0n) is 9.00. The Kier molecular flexibility index (Phi) is 3.23. The third kappa shape index (κ3) is 2.00. The molecule has 0 aromatic heterocycles. The van der Waals surface area contributed by atoms with Crippen LogP contribution in [0, 0.1) is 0 Å². The van der Waals surface area contributed by atoms with E-state index < -0.39 is 5.54 Å². The van der Waals surface area contributed by atoms with Gasteiger partial charge >= 0.3 is 0 Å². The standard InChI is InChI=1S/C10H19N3O2/c11-9(14)10(2-1-3-12-8-10)13-4-6-15-7-5-13/h12H,1-8H2,(H2,11,14). The Morgan fingerprint density at radius 1 is 1.40 bits per heavy atom. The summed E-state index contributed by atoms with van der Waals surface area (Å²) in [7, 11) is 0. The molecule has 1 amide bonds. The third-order valence-corrected chi connectivity index (χ3v) is 3.44. The molecule has 1 unspecified atom stereocenters. The van der Waals surface area contributed by atoms with Crippen LogP contribution in [0.15, 0.2) is 0 Å². The average molecular weight is 213 g/mol. The molecule has 86 valence electrons. The van der Waals surface area contributed by atoms with E-state index in [-0.39, 0.29) is 5.91 Å². The van der Waals surface area contributed by atoms with E-state index in [1.54, 1.807) is 0 Å². The molecule has 3 N–H and O–H groups in total. The fourth-order valence-electron chi connectivity index (χ4n) is 2.52. The van der Waals surface area contributed by atoms with Crippen molar-refractivity contribution in [3.63, 3.8) is 0 Å². The summed E-state index contributed by atoms with van der Waals surface area (Å²) in [6.45, 7) is 4.70. The molecule has 5 heteroatoms. The molecule has 0 aliphatic carbocycles. The maximum atomic E-state index is 11.7. The van der Waals surface area contributed by atoms with E-state index in [2.05, 4.69) is 10.2 Å². The molecule has 5 nitrogen and oxygen atoms in total. The zero-order valence-corrected chi connectivity index (χ0v) is 9.00. The molecule has 0 spiro atoms. The largest absolute Gasteiger partial charge is 0.379 e. The van der Waals surface area contributed by atoms with Gasteiger partial charge in [0.15, 0.2) is 0 Å². The number of rotatable bonds is 2. The molecule has 15 heavy (non-hydrogen) atoms. The van der Waals surface area contributed by atoms with Crippen LogP contribution in [0.1, 0.15) is 12.8 Å². The van der Waals surface area contributed by atoms with Gasteiger partial charge in [-0.15, -0.1) is 0 Å². The van der Waals surface area contributed by atoms with Crippen LogP contribution >= 0.6 is 0 Å². The molecule has 0 radical (unpaired) electrons. The number of carbonyl (C=O) groups is 1. The summed E-state index contributed by atoms with van der Waals surface area (Å²) in [5.74, 6) is -0.198. The summed E-state index contributed by atoms with van der Waals surface area (Å²) in [5, 5.41) is 3.27. The summed E-state index contributed by atoms with van der Waals surface area (Å²) in [5.41, 5.74) is 5.10. The Labute approximate surface area is 89.9 Å². The minimum Gasteiger partial charge on any atom is -0.379 e. The van der Waals surface area contributed by atoms with Gasteiger partial charge in [0.05, 0.1) is 13.2 Å². The lowest BCUT2D eigenvalue weighted by Crippen LogP contribution is -2.66. The van der Waals surface area contributed by atoms with Gasteiger partial charge in [0.1, 0.15) is 5.54 Å². The predicted octanol–water partition coefficient (Wildman–Crippen LogP) is -1.07. The van der Waals surface area contributed by atoms with Gasteiger partial charge in [0.25, 0.3) is 0 Å². The van der Waals surface area contributed by atoms with Crippen LogP contribution in [-0.4, -0.2) is 55.7 Å². The van der Waals surface area contributed by atoms with Crippen molar-refractivity contribution in [2.24, 2.45) is 5.73 Å². The normalized spacial score (nSPS) is 33.9. The summed E-state index contributed by atoms with van der Waals surface area (Å²) in [4.78, 5) is 13.9. The van der Waals surface area contributed by atoms with E-state index >= 15 is 0 Å². The topological polar surface area (TPSA) is 67.6 Å². The van der Waals surface area contributed by atoms with E-state index in [9.17, 15) is 4.79 Å². The molecule has 1 atom stereocenters. The van der Waals surface area contributed by atoms with Crippen molar-refractivity contribution in [3.8, 4) is 0 Å². The lowest BCUT2D eigenvalue weighted by atomic mass is 9.87. The molecule has 0 aromatic carbocycles. The maximum Gasteiger partial charge on any atom is 0.239 e. The number of nitrogens with zero attached hydrogens (tertiary/aromatic N) is 1. The van der Waals surface area contributed by atoms with Gasteiger partial charge in [-0.3, -0.25) is 9.69 Å². The van der Waals surface area contributed by atoms with Crippen molar-refractivity contribution in [3.05, 3.63) is 0 Å². The van der Waals surface area contributed by atoms with Gasteiger partial charge in [0, 0.05) is 19.6 Å². The van der Waals surface area contributed by atoms with E-state index in [0.717, 1.165) is 32.5 Å². The van der Waals surface area contributed by atoms with Gasteiger partial charge in [-0.1, -0.05) is 0 Å². The van der Waals surface area contributed by atoms with Crippen LogP contribution in [-0.2, 0) is 9.53 Å². The summed E-state index contributed by atoms with van der Waals surface area (Å²) in [6, 6.07) is 0. The summed E-state index contributed by atoms with van der Waals surface area (Å²) in [6.07, 6.45) is 1.88. The Morgan fingerprint density at radius 2 is 2.13 bits per heavy atom. The third-order valence-electron chi connectivity index (χ3n) is 3.44. The van der Waals surface area contributed by atoms with Crippen molar-refractivity contribution >= 4 is 5.91 Å². The molecular weight excluding hydrogens is 194 g/mol. The summed E-state index contributed by atoms with van der Waals surface area (Å²) >= 11 is 0. The van der Waals surface area contributed by atoms with Crippen molar-refractivity contribution < 1.29 is 9.53 Å². The number of nitrogens with two attached hydrogens (primary N) is 1. The van der Waals surface area contributed by atoms with Crippen molar-refractivity contribution in [2.75, 3.05) is 39.4 Å². The second-order valence-electron chi connectivity index (χ2n) is 4.28. The van der Waals surface area contributed by atoms with Crippen molar-refractivity contribution in [1.82, 2.24) is 10.2 Å².